The number of amides is 1. The molecule has 0 fully saturated rings. The zero-order chi connectivity index (χ0) is 12.1. The Kier molecular flexibility index (Phi) is 4.30. The number of nitrogens with zero attached hydrogens (tertiary/aromatic N) is 3. The van der Waals surface area contributed by atoms with Crippen LogP contribution in [0, 0.1) is 19.8 Å². The molecular weight excluding hydrogens is 206 g/mol. The third-order valence-electron chi connectivity index (χ3n) is 2.48. The van der Waals surface area contributed by atoms with Crippen LogP contribution < -0.4 is 11.1 Å². The molecule has 16 heavy (non-hydrogen) atoms. The Hall–Kier alpha value is -1.56. The topological polar surface area (TPSA) is 93.8 Å². The standard InChI is InChI=1S/C10H17N5O/c1-4-8(5-11)9(16)13-10-12-6(2)7(3)14-15-10/h8H,4-5,11H2,1-3H3,(H,12,13,15,16). The summed E-state index contributed by atoms with van der Waals surface area (Å²) in [5.74, 6) is -0.125. The highest BCUT2D eigenvalue weighted by molar-refractivity contribution is 5.90. The number of nitrogens with two attached hydrogens (primary N) is 1. The Morgan fingerprint density at radius 1 is 1.38 bits per heavy atom. The number of anilines is 1. The highest BCUT2D eigenvalue weighted by atomic mass is 16.2. The van der Waals surface area contributed by atoms with Crippen molar-refractivity contribution in [3.05, 3.63) is 11.4 Å². The lowest BCUT2D eigenvalue weighted by Gasteiger charge is -2.11. The Bertz CT molecular complexity index is 375. The Morgan fingerprint density at radius 2 is 2.06 bits per heavy atom. The minimum absolute atomic E-state index is 0.157. The van der Waals surface area contributed by atoms with Gasteiger partial charge in [-0.25, -0.2) is 4.98 Å². The predicted molar refractivity (Wildman–Crippen MR) is 60.8 cm³/mol. The number of nitrogens with one attached hydrogen (secondary N) is 1. The van der Waals surface area contributed by atoms with E-state index in [1.165, 1.54) is 0 Å². The zero-order valence-corrected chi connectivity index (χ0v) is 9.82. The van der Waals surface area contributed by atoms with Crippen molar-refractivity contribution >= 4 is 11.9 Å². The van der Waals surface area contributed by atoms with E-state index in [-0.39, 0.29) is 17.8 Å². The summed E-state index contributed by atoms with van der Waals surface area (Å²) in [6.45, 7) is 5.87. The highest BCUT2D eigenvalue weighted by Crippen LogP contribution is 2.06. The minimum atomic E-state index is -0.204. The number of hydrogen-bond acceptors (Lipinski definition) is 5. The summed E-state index contributed by atoms with van der Waals surface area (Å²) in [7, 11) is 0. The van der Waals surface area contributed by atoms with Crippen molar-refractivity contribution < 1.29 is 4.79 Å². The van der Waals surface area contributed by atoms with Crippen LogP contribution in [0.15, 0.2) is 0 Å². The van der Waals surface area contributed by atoms with Gasteiger partial charge in [0, 0.05) is 6.54 Å². The maximum Gasteiger partial charge on any atom is 0.249 e. The van der Waals surface area contributed by atoms with Crippen molar-refractivity contribution in [2.75, 3.05) is 11.9 Å². The molecule has 6 heteroatoms. The fourth-order valence-corrected chi connectivity index (χ4v) is 1.18. The summed E-state index contributed by atoms with van der Waals surface area (Å²) in [5, 5.41) is 10.3. The van der Waals surface area contributed by atoms with E-state index in [1.54, 1.807) is 0 Å². The molecule has 0 aromatic carbocycles. The molecule has 0 aliphatic heterocycles. The van der Waals surface area contributed by atoms with Crippen LogP contribution in [0.3, 0.4) is 0 Å². The van der Waals surface area contributed by atoms with Gasteiger partial charge in [-0.3, -0.25) is 10.1 Å². The SMILES string of the molecule is CCC(CN)C(=O)Nc1nnc(C)c(C)n1. The number of aryl methyl sites for hydroxylation is 2. The molecule has 1 aromatic rings. The molecule has 0 bridgehead atoms. The quantitative estimate of drug-likeness (QED) is 0.771. The molecule has 0 spiro atoms. The summed E-state index contributed by atoms with van der Waals surface area (Å²) >= 11 is 0. The maximum atomic E-state index is 11.7. The van der Waals surface area contributed by atoms with Gasteiger partial charge < -0.3 is 5.73 Å². The van der Waals surface area contributed by atoms with Gasteiger partial charge in [0.1, 0.15) is 0 Å². The van der Waals surface area contributed by atoms with Gasteiger partial charge >= 0.3 is 0 Å². The average Bonchev–Trinajstić information content (AvgIpc) is 2.25. The molecule has 1 amide bonds. The van der Waals surface area contributed by atoms with Crippen molar-refractivity contribution in [1.29, 1.82) is 0 Å². The zero-order valence-electron chi connectivity index (χ0n) is 9.82. The summed E-state index contributed by atoms with van der Waals surface area (Å²) in [6.07, 6.45) is 0.695. The number of aromatic nitrogens is 3. The second kappa shape index (κ2) is 5.50. The smallest absolute Gasteiger partial charge is 0.249 e. The molecule has 1 atom stereocenters. The summed E-state index contributed by atoms with van der Waals surface area (Å²) in [5.41, 5.74) is 6.98. The van der Waals surface area contributed by atoms with E-state index in [0.29, 0.717) is 13.0 Å². The van der Waals surface area contributed by atoms with Crippen LogP contribution in [0.2, 0.25) is 0 Å². The third kappa shape index (κ3) is 2.96. The first kappa shape index (κ1) is 12.5. The number of rotatable bonds is 4. The van der Waals surface area contributed by atoms with Gasteiger partial charge in [0.25, 0.3) is 0 Å². The molecule has 0 aliphatic rings. The van der Waals surface area contributed by atoms with Crippen LogP contribution in [0.25, 0.3) is 0 Å². The first-order chi connectivity index (χ1) is 7.58. The van der Waals surface area contributed by atoms with Crippen LogP contribution >= 0.6 is 0 Å². The Labute approximate surface area is 94.7 Å². The molecule has 0 saturated carbocycles. The maximum absolute atomic E-state index is 11.7. The van der Waals surface area contributed by atoms with Gasteiger partial charge in [0.2, 0.25) is 11.9 Å². The molecule has 3 N–H and O–H groups in total. The fraction of sp³-hybridized carbons (Fsp3) is 0.600. The number of carbonyl (C=O) groups is 1. The fourth-order valence-electron chi connectivity index (χ4n) is 1.18. The first-order valence-electron chi connectivity index (χ1n) is 5.27. The van der Waals surface area contributed by atoms with Crippen LogP contribution in [-0.4, -0.2) is 27.6 Å². The van der Waals surface area contributed by atoms with E-state index in [1.807, 2.05) is 20.8 Å². The van der Waals surface area contributed by atoms with Gasteiger partial charge in [-0.1, -0.05) is 6.92 Å². The number of carbonyl (C=O) groups excluding carboxylic acids is 1. The Balaban J connectivity index is 2.73. The second-order valence-electron chi connectivity index (χ2n) is 3.64. The molecule has 0 saturated heterocycles. The summed E-state index contributed by atoms with van der Waals surface area (Å²) in [4.78, 5) is 15.8. The molecule has 1 aromatic heterocycles. The van der Waals surface area contributed by atoms with Gasteiger partial charge in [-0.15, -0.1) is 5.10 Å². The summed E-state index contributed by atoms with van der Waals surface area (Å²) in [6, 6.07) is 0. The van der Waals surface area contributed by atoms with E-state index in [2.05, 4.69) is 20.5 Å². The van der Waals surface area contributed by atoms with Crippen molar-refractivity contribution in [3.8, 4) is 0 Å². The molecule has 6 nitrogen and oxygen atoms in total. The van der Waals surface area contributed by atoms with Crippen molar-refractivity contribution in [2.24, 2.45) is 11.7 Å². The van der Waals surface area contributed by atoms with E-state index in [0.717, 1.165) is 11.4 Å². The van der Waals surface area contributed by atoms with Crippen molar-refractivity contribution in [3.63, 3.8) is 0 Å². The first-order valence-corrected chi connectivity index (χ1v) is 5.27. The van der Waals surface area contributed by atoms with E-state index < -0.39 is 0 Å². The molecule has 1 unspecified atom stereocenters. The monoisotopic (exact) mass is 223 g/mol. The van der Waals surface area contributed by atoms with Gasteiger partial charge in [0.05, 0.1) is 17.3 Å². The van der Waals surface area contributed by atoms with Gasteiger partial charge in [-0.05, 0) is 20.3 Å². The van der Waals surface area contributed by atoms with E-state index in [4.69, 9.17) is 5.73 Å². The normalized spacial score (nSPS) is 12.2. The molecule has 1 heterocycles. The molecule has 0 radical (unpaired) electrons. The largest absolute Gasteiger partial charge is 0.330 e. The molecular formula is C10H17N5O. The highest BCUT2D eigenvalue weighted by Gasteiger charge is 2.15. The summed E-state index contributed by atoms with van der Waals surface area (Å²) < 4.78 is 0. The van der Waals surface area contributed by atoms with Crippen LogP contribution in [0.4, 0.5) is 5.95 Å². The molecule has 88 valence electrons. The van der Waals surface area contributed by atoms with Crippen molar-refractivity contribution in [2.45, 2.75) is 27.2 Å². The Morgan fingerprint density at radius 3 is 2.56 bits per heavy atom. The minimum Gasteiger partial charge on any atom is -0.330 e. The number of hydrogen-bond donors (Lipinski definition) is 2. The van der Waals surface area contributed by atoms with Crippen LogP contribution in [0.5, 0.6) is 0 Å². The van der Waals surface area contributed by atoms with Gasteiger partial charge in [-0.2, -0.15) is 5.10 Å². The molecule has 0 aliphatic carbocycles. The van der Waals surface area contributed by atoms with E-state index >= 15 is 0 Å². The van der Waals surface area contributed by atoms with Crippen LogP contribution in [-0.2, 0) is 4.79 Å². The lowest BCUT2D eigenvalue weighted by atomic mass is 10.1. The van der Waals surface area contributed by atoms with Crippen molar-refractivity contribution in [1.82, 2.24) is 15.2 Å². The van der Waals surface area contributed by atoms with Gasteiger partial charge in [0.15, 0.2) is 0 Å². The lowest BCUT2D eigenvalue weighted by molar-refractivity contribution is -0.119. The van der Waals surface area contributed by atoms with Crippen LogP contribution in [0.1, 0.15) is 24.7 Å². The third-order valence-corrected chi connectivity index (χ3v) is 2.48. The van der Waals surface area contributed by atoms with E-state index in [9.17, 15) is 4.79 Å². The molecule has 1 rings (SSSR count). The predicted octanol–water partition coefficient (Wildman–Crippen LogP) is 0.412. The lowest BCUT2D eigenvalue weighted by Crippen LogP contribution is -2.29. The second-order valence-corrected chi connectivity index (χ2v) is 3.64. The average molecular weight is 223 g/mol.